The van der Waals surface area contributed by atoms with Gasteiger partial charge in [0.1, 0.15) is 5.82 Å². The molecule has 1 unspecified atom stereocenters. The molecule has 0 radical (unpaired) electrons. The summed E-state index contributed by atoms with van der Waals surface area (Å²) in [6.07, 6.45) is 3.63. The Morgan fingerprint density at radius 1 is 1.62 bits per heavy atom. The third-order valence-corrected chi connectivity index (χ3v) is 4.30. The van der Waals surface area contributed by atoms with Crippen LogP contribution < -0.4 is 5.32 Å². The SMILES string of the molecule is CCNc1ncc(Br)cc1C(=O)N1CCCC(C)(OC)C1. The highest BCUT2D eigenvalue weighted by Gasteiger charge is 2.34. The van der Waals surface area contributed by atoms with Crippen LogP contribution >= 0.6 is 15.9 Å². The lowest BCUT2D eigenvalue weighted by molar-refractivity contribution is -0.0440. The molecule has 1 fully saturated rings. The summed E-state index contributed by atoms with van der Waals surface area (Å²) in [6, 6.07) is 1.83. The van der Waals surface area contributed by atoms with Crippen molar-refractivity contribution in [1.29, 1.82) is 0 Å². The van der Waals surface area contributed by atoms with Crippen molar-refractivity contribution in [1.82, 2.24) is 9.88 Å². The number of likely N-dealkylation sites (tertiary alicyclic amines) is 1. The molecular weight excluding hydrogens is 334 g/mol. The number of methoxy groups -OCH3 is 1. The molecule has 5 nitrogen and oxygen atoms in total. The van der Waals surface area contributed by atoms with E-state index in [4.69, 9.17) is 4.74 Å². The van der Waals surface area contributed by atoms with Crippen molar-refractivity contribution in [3.63, 3.8) is 0 Å². The number of hydrogen-bond donors (Lipinski definition) is 1. The number of hydrogen-bond acceptors (Lipinski definition) is 4. The fraction of sp³-hybridized carbons (Fsp3) is 0.600. The number of halogens is 1. The Morgan fingerprint density at radius 3 is 3.05 bits per heavy atom. The van der Waals surface area contributed by atoms with E-state index < -0.39 is 0 Å². The largest absolute Gasteiger partial charge is 0.377 e. The lowest BCUT2D eigenvalue weighted by Gasteiger charge is -2.39. The minimum atomic E-state index is -0.258. The summed E-state index contributed by atoms with van der Waals surface area (Å²) in [5, 5.41) is 3.15. The number of carbonyl (C=O) groups excluding carboxylic acids is 1. The van der Waals surface area contributed by atoms with Gasteiger partial charge in [-0.05, 0) is 48.7 Å². The molecule has 1 saturated heterocycles. The van der Waals surface area contributed by atoms with Gasteiger partial charge in [0, 0.05) is 37.4 Å². The number of nitrogens with zero attached hydrogens (tertiary/aromatic N) is 2. The van der Waals surface area contributed by atoms with Gasteiger partial charge in [0.25, 0.3) is 5.91 Å². The lowest BCUT2D eigenvalue weighted by atomic mass is 9.94. The number of ether oxygens (including phenoxy) is 1. The molecule has 0 bridgehead atoms. The molecule has 1 aliphatic rings. The van der Waals surface area contributed by atoms with E-state index >= 15 is 0 Å². The zero-order valence-electron chi connectivity index (χ0n) is 12.8. The molecule has 0 aromatic carbocycles. The van der Waals surface area contributed by atoms with Gasteiger partial charge in [-0.2, -0.15) is 0 Å². The van der Waals surface area contributed by atoms with Crippen molar-refractivity contribution in [3.05, 3.63) is 22.3 Å². The van der Waals surface area contributed by atoms with Gasteiger partial charge >= 0.3 is 0 Å². The quantitative estimate of drug-likeness (QED) is 0.901. The van der Waals surface area contributed by atoms with Crippen LogP contribution in [0.1, 0.15) is 37.0 Å². The fourth-order valence-electron chi connectivity index (χ4n) is 2.63. The van der Waals surface area contributed by atoms with Crippen LogP contribution in [0.15, 0.2) is 16.7 Å². The third kappa shape index (κ3) is 3.74. The van der Waals surface area contributed by atoms with E-state index in [0.717, 1.165) is 30.4 Å². The summed E-state index contributed by atoms with van der Waals surface area (Å²) in [6.45, 7) is 6.14. The smallest absolute Gasteiger partial charge is 0.257 e. The second-order valence-electron chi connectivity index (χ2n) is 5.56. The van der Waals surface area contributed by atoms with Crippen LogP contribution in [0.2, 0.25) is 0 Å². The first-order chi connectivity index (χ1) is 9.99. The summed E-state index contributed by atoms with van der Waals surface area (Å²) in [5.41, 5.74) is 0.345. The van der Waals surface area contributed by atoms with Crippen LogP contribution in [-0.2, 0) is 4.74 Å². The lowest BCUT2D eigenvalue weighted by Crippen LogP contribution is -2.49. The zero-order chi connectivity index (χ0) is 15.5. The van der Waals surface area contributed by atoms with Crippen LogP contribution in [0, 0.1) is 0 Å². The average molecular weight is 356 g/mol. The maximum absolute atomic E-state index is 12.8. The van der Waals surface area contributed by atoms with Gasteiger partial charge < -0.3 is 15.0 Å². The normalized spacial score (nSPS) is 22.2. The van der Waals surface area contributed by atoms with Gasteiger partial charge in [-0.15, -0.1) is 0 Å². The number of piperidine rings is 1. The number of amides is 1. The van der Waals surface area contributed by atoms with Gasteiger partial charge in [0.05, 0.1) is 11.2 Å². The highest BCUT2D eigenvalue weighted by molar-refractivity contribution is 9.10. The first kappa shape index (κ1) is 16.2. The molecule has 1 aromatic rings. The average Bonchev–Trinajstić information content (AvgIpc) is 2.48. The van der Waals surface area contributed by atoms with Crippen molar-refractivity contribution in [2.75, 3.05) is 32.1 Å². The van der Waals surface area contributed by atoms with Gasteiger partial charge in [0.2, 0.25) is 0 Å². The Balaban J connectivity index is 2.25. The van der Waals surface area contributed by atoms with Crippen molar-refractivity contribution in [2.45, 2.75) is 32.3 Å². The highest BCUT2D eigenvalue weighted by Crippen LogP contribution is 2.27. The molecule has 0 saturated carbocycles. The van der Waals surface area contributed by atoms with Crippen molar-refractivity contribution in [3.8, 4) is 0 Å². The van der Waals surface area contributed by atoms with Crippen LogP contribution in [-0.4, -0.2) is 48.1 Å². The van der Waals surface area contributed by atoms with E-state index in [1.807, 2.05) is 17.9 Å². The van der Waals surface area contributed by atoms with Gasteiger partial charge in [-0.3, -0.25) is 4.79 Å². The molecule has 0 aliphatic carbocycles. The van der Waals surface area contributed by atoms with Crippen molar-refractivity contribution in [2.24, 2.45) is 0 Å². The molecule has 1 N–H and O–H groups in total. The molecule has 2 rings (SSSR count). The number of anilines is 1. The third-order valence-electron chi connectivity index (χ3n) is 3.87. The predicted molar refractivity (Wildman–Crippen MR) is 86.7 cm³/mol. The summed E-state index contributed by atoms with van der Waals surface area (Å²) in [4.78, 5) is 19.0. The molecule has 0 spiro atoms. The van der Waals surface area contributed by atoms with E-state index in [0.29, 0.717) is 17.9 Å². The van der Waals surface area contributed by atoms with Gasteiger partial charge in [-0.25, -0.2) is 4.98 Å². The second-order valence-corrected chi connectivity index (χ2v) is 6.48. The van der Waals surface area contributed by atoms with Crippen LogP contribution in [0.25, 0.3) is 0 Å². The minimum absolute atomic E-state index is 0.00252. The van der Waals surface area contributed by atoms with Gasteiger partial charge in [-0.1, -0.05) is 0 Å². The Kier molecular flexibility index (Phi) is 5.22. The molecule has 21 heavy (non-hydrogen) atoms. The number of carbonyl (C=O) groups is 1. The molecule has 1 amide bonds. The first-order valence-electron chi connectivity index (χ1n) is 7.23. The predicted octanol–water partition coefficient (Wildman–Crippen LogP) is 2.92. The topological polar surface area (TPSA) is 54.5 Å². The molecule has 116 valence electrons. The van der Waals surface area contributed by atoms with Crippen LogP contribution in [0.5, 0.6) is 0 Å². The van der Waals surface area contributed by atoms with E-state index in [2.05, 4.69) is 33.2 Å². The Bertz CT molecular complexity index is 524. The molecule has 1 aliphatic heterocycles. The van der Waals surface area contributed by atoms with E-state index in [9.17, 15) is 4.79 Å². The minimum Gasteiger partial charge on any atom is -0.377 e. The number of rotatable bonds is 4. The Morgan fingerprint density at radius 2 is 2.38 bits per heavy atom. The van der Waals surface area contributed by atoms with Crippen molar-refractivity contribution >= 4 is 27.7 Å². The monoisotopic (exact) mass is 355 g/mol. The second kappa shape index (κ2) is 6.75. The number of pyridine rings is 1. The maximum Gasteiger partial charge on any atom is 0.257 e. The van der Waals surface area contributed by atoms with E-state index in [1.165, 1.54) is 0 Å². The summed E-state index contributed by atoms with van der Waals surface area (Å²) < 4.78 is 6.37. The molecular formula is C15H22BrN3O2. The Labute approximate surface area is 134 Å². The van der Waals surface area contributed by atoms with E-state index in [1.54, 1.807) is 13.3 Å². The molecule has 2 heterocycles. The summed E-state index contributed by atoms with van der Waals surface area (Å²) in [5.74, 6) is 0.637. The summed E-state index contributed by atoms with van der Waals surface area (Å²) >= 11 is 3.39. The summed E-state index contributed by atoms with van der Waals surface area (Å²) in [7, 11) is 1.71. The van der Waals surface area contributed by atoms with Crippen LogP contribution in [0.3, 0.4) is 0 Å². The van der Waals surface area contributed by atoms with E-state index in [-0.39, 0.29) is 11.5 Å². The van der Waals surface area contributed by atoms with Crippen LogP contribution in [0.4, 0.5) is 5.82 Å². The highest BCUT2D eigenvalue weighted by atomic mass is 79.9. The Hall–Kier alpha value is -1.14. The standard InChI is InChI=1S/C15H22BrN3O2/c1-4-17-13-12(8-11(16)9-18-13)14(20)19-7-5-6-15(2,10-19)21-3/h8-9H,4-7,10H2,1-3H3,(H,17,18). The maximum atomic E-state index is 12.8. The zero-order valence-corrected chi connectivity index (χ0v) is 14.4. The molecule has 6 heteroatoms. The number of aromatic nitrogens is 1. The molecule has 1 atom stereocenters. The molecule has 1 aromatic heterocycles. The number of nitrogens with one attached hydrogen (secondary N) is 1. The fourth-order valence-corrected chi connectivity index (χ4v) is 2.96. The van der Waals surface area contributed by atoms with Crippen molar-refractivity contribution < 1.29 is 9.53 Å². The first-order valence-corrected chi connectivity index (χ1v) is 8.02. The van der Waals surface area contributed by atoms with Gasteiger partial charge in [0.15, 0.2) is 0 Å².